The van der Waals surface area contributed by atoms with E-state index in [4.69, 9.17) is 4.74 Å². The summed E-state index contributed by atoms with van der Waals surface area (Å²) in [6.45, 7) is 3.61. The van der Waals surface area contributed by atoms with Crippen LogP contribution in [0.15, 0.2) is 22.5 Å². The normalized spacial score (nSPS) is 15.3. The lowest BCUT2D eigenvalue weighted by atomic mass is 10.00. The Balaban J connectivity index is 0.00000338. The van der Waals surface area contributed by atoms with Crippen molar-refractivity contribution >= 4 is 47.2 Å². The smallest absolute Gasteiger partial charge is 0.243 e. The van der Waals surface area contributed by atoms with Crippen LogP contribution in [0.5, 0.6) is 0 Å². The maximum atomic E-state index is 11.9. The van der Waals surface area contributed by atoms with Gasteiger partial charge in [0, 0.05) is 52.3 Å². The highest BCUT2D eigenvalue weighted by molar-refractivity contribution is 14.0. The third-order valence-electron chi connectivity index (χ3n) is 4.33. The second-order valence-electron chi connectivity index (χ2n) is 6.62. The summed E-state index contributed by atoms with van der Waals surface area (Å²) in [6, 6.07) is 4.21. The molecule has 148 valence electrons. The van der Waals surface area contributed by atoms with Gasteiger partial charge in [-0.1, -0.05) is 6.07 Å². The van der Waals surface area contributed by atoms with E-state index in [1.54, 1.807) is 30.3 Å². The summed E-state index contributed by atoms with van der Waals surface area (Å²) in [5.74, 6) is 1.43. The van der Waals surface area contributed by atoms with Crippen molar-refractivity contribution in [3.05, 3.63) is 22.4 Å². The van der Waals surface area contributed by atoms with Gasteiger partial charge in [-0.2, -0.15) is 0 Å². The number of amides is 1. The quantitative estimate of drug-likeness (QED) is 0.359. The van der Waals surface area contributed by atoms with Gasteiger partial charge in [0.05, 0.1) is 0 Å². The van der Waals surface area contributed by atoms with Crippen LogP contribution in [0.2, 0.25) is 0 Å². The molecule has 1 saturated heterocycles. The van der Waals surface area contributed by atoms with Crippen molar-refractivity contribution in [2.75, 3.05) is 54.0 Å². The van der Waals surface area contributed by atoms with E-state index in [0.29, 0.717) is 5.92 Å². The van der Waals surface area contributed by atoms with Gasteiger partial charge in [-0.25, -0.2) is 4.99 Å². The molecule has 0 aliphatic carbocycles. The predicted octanol–water partition coefficient (Wildman–Crippen LogP) is 2.30. The molecular formula is C18H31IN4O2S. The van der Waals surface area contributed by atoms with Gasteiger partial charge in [0.25, 0.3) is 0 Å². The second kappa shape index (κ2) is 12.5. The molecular weight excluding hydrogens is 463 g/mol. The van der Waals surface area contributed by atoms with Crippen molar-refractivity contribution in [2.45, 2.75) is 19.3 Å². The van der Waals surface area contributed by atoms with Crippen LogP contribution in [0.4, 0.5) is 0 Å². The zero-order chi connectivity index (χ0) is 18.1. The van der Waals surface area contributed by atoms with Crippen molar-refractivity contribution in [3.63, 3.8) is 0 Å². The molecule has 0 unspecified atom stereocenters. The highest BCUT2D eigenvalue weighted by atomic mass is 127. The maximum absolute atomic E-state index is 11.9. The SMILES string of the molecule is CN(C)C(=O)CN=C(NCCc1cccs1)N(C)CC1CCOCC1.I. The Hall–Kier alpha value is -0.870. The van der Waals surface area contributed by atoms with Crippen LogP contribution in [0.1, 0.15) is 17.7 Å². The monoisotopic (exact) mass is 494 g/mol. The third kappa shape index (κ3) is 8.22. The Morgan fingerprint density at radius 2 is 2.08 bits per heavy atom. The molecule has 0 radical (unpaired) electrons. The molecule has 0 saturated carbocycles. The minimum Gasteiger partial charge on any atom is -0.381 e. The van der Waals surface area contributed by atoms with Crippen molar-refractivity contribution in [3.8, 4) is 0 Å². The number of ether oxygens (including phenoxy) is 1. The number of carbonyl (C=O) groups is 1. The molecule has 0 bridgehead atoms. The Bertz CT molecular complexity index is 545. The Labute approximate surface area is 178 Å². The van der Waals surface area contributed by atoms with Gasteiger partial charge in [0.1, 0.15) is 6.54 Å². The number of halogens is 1. The van der Waals surface area contributed by atoms with E-state index in [2.05, 4.69) is 32.7 Å². The summed E-state index contributed by atoms with van der Waals surface area (Å²) >= 11 is 1.77. The molecule has 1 aromatic heterocycles. The average molecular weight is 494 g/mol. The zero-order valence-corrected chi connectivity index (χ0v) is 19.1. The first-order chi connectivity index (χ1) is 12.1. The third-order valence-corrected chi connectivity index (χ3v) is 5.27. The van der Waals surface area contributed by atoms with Crippen LogP contribution >= 0.6 is 35.3 Å². The van der Waals surface area contributed by atoms with Gasteiger partial charge in [-0.3, -0.25) is 4.79 Å². The number of guanidine groups is 1. The van der Waals surface area contributed by atoms with E-state index >= 15 is 0 Å². The minimum absolute atomic E-state index is 0. The molecule has 2 heterocycles. The highest BCUT2D eigenvalue weighted by Crippen LogP contribution is 2.15. The number of likely N-dealkylation sites (N-methyl/N-ethyl adjacent to an activating group) is 1. The van der Waals surface area contributed by atoms with Crippen LogP contribution in [0.3, 0.4) is 0 Å². The van der Waals surface area contributed by atoms with Crippen LogP contribution in [0, 0.1) is 5.92 Å². The summed E-state index contributed by atoms with van der Waals surface area (Å²) in [5.41, 5.74) is 0. The first-order valence-corrected chi connectivity index (χ1v) is 9.74. The number of nitrogens with zero attached hydrogens (tertiary/aromatic N) is 3. The number of carbonyl (C=O) groups excluding carboxylic acids is 1. The van der Waals surface area contributed by atoms with Gasteiger partial charge in [-0.05, 0) is 36.6 Å². The Morgan fingerprint density at radius 1 is 1.35 bits per heavy atom. The van der Waals surface area contributed by atoms with Gasteiger partial charge >= 0.3 is 0 Å². The van der Waals surface area contributed by atoms with Gasteiger partial charge < -0.3 is 19.9 Å². The lowest BCUT2D eigenvalue weighted by Crippen LogP contribution is -2.43. The van der Waals surface area contributed by atoms with E-state index in [-0.39, 0.29) is 36.4 Å². The molecule has 2 rings (SSSR count). The van der Waals surface area contributed by atoms with Crippen molar-refractivity contribution in [1.29, 1.82) is 0 Å². The van der Waals surface area contributed by atoms with Gasteiger partial charge in [0.2, 0.25) is 5.91 Å². The fraction of sp³-hybridized carbons (Fsp3) is 0.667. The molecule has 0 aromatic carbocycles. The summed E-state index contributed by atoms with van der Waals surface area (Å²) < 4.78 is 5.44. The van der Waals surface area contributed by atoms with E-state index in [1.807, 2.05) is 7.05 Å². The fourth-order valence-electron chi connectivity index (χ4n) is 2.75. The molecule has 1 fully saturated rings. The molecule has 26 heavy (non-hydrogen) atoms. The lowest BCUT2D eigenvalue weighted by Gasteiger charge is -2.29. The van der Waals surface area contributed by atoms with Crippen LogP contribution in [-0.2, 0) is 16.0 Å². The summed E-state index contributed by atoms with van der Waals surface area (Å²) in [6.07, 6.45) is 3.14. The number of hydrogen-bond donors (Lipinski definition) is 1. The van der Waals surface area contributed by atoms with E-state index in [0.717, 1.165) is 51.5 Å². The molecule has 6 nitrogen and oxygen atoms in total. The highest BCUT2D eigenvalue weighted by Gasteiger charge is 2.18. The van der Waals surface area contributed by atoms with Gasteiger partial charge in [-0.15, -0.1) is 35.3 Å². The fourth-order valence-corrected chi connectivity index (χ4v) is 3.46. The van der Waals surface area contributed by atoms with E-state index in [1.165, 1.54) is 4.88 Å². The van der Waals surface area contributed by atoms with Gasteiger partial charge in [0.15, 0.2) is 5.96 Å². The van der Waals surface area contributed by atoms with Crippen molar-refractivity contribution < 1.29 is 9.53 Å². The topological polar surface area (TPSA) is 57.2 Å². The molecule has 8 heteroatoms. The molecule has 0 spiro atoms. The number of nitrogens with one attached hydrogen (secondary N) is 1. The van der Waals surface area contributed by atoms with Crippen LogP contribution < -0.4 is 5.32 Å². The Morgan fingerprint density at radius 3 is 2.69 bits per heavy atom. The maximum Gasteiger partial charge on any atom is 0.243 e. The first-order valence-electron chi connectivity index (χ1n) is 8.86. The summed E-state index contributed by atoms with van der Waals surface area (Å²) in [5, 5.41) is 5.52. The molecule has 1 aliphatic heterocycles. The number of aliphatic imine (C=N–C) groups is 1. The number of hydrogen-bond acceptors (Lipinski definition) is 4. The lowest BCUT2D eigenvalue weighted by molar-refractivity contribution is -0.127. The van der Waals surface area contributed by atoms with Crippen LogP contribution in [-0.4, -0.2) is 75.7 Å². The number of thiophene rings is 1. The molecule has 1 aromatic rings. The zero-order valence-electron chi connectivity index (χ0n) is 15.9. The standard InChI is InChI=1S/C18H30N4O2S.HI/c1-21(2)17(23)13-20-18(19-9-6-16-5-4-12-25-16)22(3)14-15-7-10-24-11-8-15;/h4-5,12,15H,6-11,13-14H2,1-3H3,(H,19,20);1H. The van der Waals surface area contributed by atoms with Crippen molar-refractivity contribution in [1.82, 2.24) is 15.1 Å². The predicted molar refractivity (Wildman–Crippen MR) is 119 cm³/mol. The molecule has 0 atom stereocenters. The number of rotatable bonds is 7. The van der Waals surface area contributed by atoms with Crippen molar-refractivity contribution in [2.24, 2.45) is 10.9 Å². The second-order valence-corrected chi connectivity index (χ2v) is 7.65. The summed E-state index contributed by atoms with van der Waals surface area (Å²) in [7, 11) is 5.56. The average Bonchev–Trinajstić information content (AvgIpc) is 3.11. The molecule has 1 aliphatic rings. The Kier molecular flexibility index (Phi) is 11.1. The largest absolute Gasteiger partial charge is 0.381 e. The van der Waals surface area contributed by atoms with E-state index < -0.39 is 0 Å². The van der Waals surface area contributed by atoms with Crippen LogP contribution in [0.25, 0.3) is 0 Å². The minimum atomic E-state index is 0. The first kappa shape index (κ1) is 23.2. The molecule has 1 amide bonds. The summed E-state index contributed by atoms with van der Waals surface area (Å²) in [4.78, 5) is 21.5. The van der Waals surface area contributed by atoms with E-state index in [9.17, 15) is 4.79 Å². The molecule has 1 N–H and O–H groups in total.